The van der Waals surface area contributed by atoms with E-state index in [0.29, 0.717) is 0 Å². The number of anilines is 1. The summed E-state index contributed by atoms with van der Waals surface area (Å²) >= 11 is 0. The zero-order valence-electron chi connectivity index (χ0n) is 12.4. The molecule has 1 aromatic rings. The molecule has 0 radical (unpaired) electrons. The van der Waals surface area contributed by atoms with Crippen molar-refractivity contribution in [2.75, 3.05) is 31.1 Å². The first kappa shape index (κ1) is 14.9. The van der Waals surface area contributed by atoms with E-state index in [1.807, 2.05) is 0 Å². The van der Waals surface area contributed by atoms with Gasteiger partial charge in [-0.1, -0.05) is 19.1 Å². The third-order valence-corrected chi connectivity index (χ3v) is 4.08. The molecule has 1 aliphatic rings. The van der Waals surface area contributed by atoms with Crippen molar-refractivity contribution in [3.63, 3.8) is 0 Å². The monoisotopic (exact) mass is 276 g/mol. The van der Waals surface area contributed by atoms with Crippen LogP contribution in [0.1, 0.15) is 25.3 Å². The minimum atomic E-state index is -0.696. The average molecular weight is 276 g/mol. The highest BCUT2D eigenvalue weighted by Crippen LogP contribution is 2.19. The number of carbonyl (C=O) groups is 1. The molecule has 1 N–H and O–H groups in total. The molecule has 0 spiro atoms. The van der Waals surface area contributed by atoms with Gasteiger partial charge >= 0.3 is 5.97 Å². The van der Waals surface area contributed by atoms with E-state index in [0.717, 1.165) is 32.6 Å². The van der Waals surface area contributed by atoms with Crippen LogP contribution in [0.25, 0.3) is 0 Å². The van der Waals surface area contributed by atoms with Gasteiger partial charge < -0.3 is 10.0 Å². The summed E-state index contributed by atoms with van der Waals surface area (Å²) in [6.45, 7) is 8.01. The molecule has 1 fully saturated rings. The number of hydrogen-bond donors (Lipinski definition) is 1. The van der Waals surface area contributed by atoms with Gasteiger partial charge in [-0.05, 0) is 31.0 Å². The fraction of sp³-hybridized carbons (Fsp3) is 0.562. The zero-order valence-corrected chi connectivity index (χ0v) is 12.4. The van der Waals surface area contributed by atoms with Gasteiger partial charge in [0, 0.05) is 37.9 Å². The highest BCUT2D eigenvalue weighted by Gasteiger charge is 2.24. The van der Waals surface area contributed by atoms with Crippen LogP contribution in [0.5, 0.6) is 0 Å². The Morgan fingerprint density at radius 2 is 2.00 bits per heavy atom. The van der Waals surface area contributed by atoms with Crippen LogP contribution in [-0.4, -0.2) is 48.2 Å². The summed E-state index contributed by atoms with van der Waals surface area (Å²) in [6.07, 6.45) is 1.15. The molecule has 1 aromatic carbocycles. The van der Waals surface area contributed by atoms with Crippen LogP contribution in [0.2, 0.25) is 0 Å². The number of carboxylic acids is 1. The molecule has 0 aliphatic carbocycles. The summed E-state index contributed by atoms with van der Waals surface area (Å²) in [7, 11) is 0. The molecule has 110 valence electrons. The van der Waals surface area contributed by atoms with Gasteiger partial charge in [-0.2, -0.15) is 0 Å². The predicted octanol–water partition coefficient (Wildman–Crippen LogP) is 2.37. The Kier molecular flexibility index (Phi) is 5.01. The molecule has 1 saturated heterocycles. The lowest BCUT2D eigenvalue weighted by molar-refractivity contribution is -0.138. The molecular weight excluding hydrogens is 252 g/mol. The number of piperazine rings is 1. The average Bonchev–Trinajstić information content (AvgIpc) is 2.45. The summed E-state index contributed by atoms with van der Waals surface area (Å²) in [4.78, 5) is 15.6. The van der Waals surface area contributed by atoms with E-state index in [1.165, 1.54) is 11.3 Å². The molecule has 4 nitrogen and oxygen atoms in total. The van der Waals surface area contributed by atoms with Crippen LogP contribution in [0.3, 0.4) is 0 Å². The smallest absolute Gasteiger partial charge is 0.304 e. The van der Waals surface area contributed by atoms with E-state index < -0.39 is 5.97 Å². The Morgan fingerprint density at radius 3 is 2.55 bits per heavy atom. The molecular formula is C16H24N2O2. The topological polar surface area (TPSA) is 43.8 Å². The van der Waals surface area contributed by atoms with Gasteiger partial charge in [0.1, 0.15) is 0 Å². The van der Waals surface area contributed by atoms with E-state index in [2.05, 4.69) is 47.9 Å². The second-order valence-corrected chi connectivity index (χ2v) is 5.52. The van der Waals surface area contributed by atoms with Gasteiger partial charge in [0.2, 0.25) is 0 Å². The van der Waals surface area contributed by atoms with Crippen molar-refractivity contribution in [3.05, 3.63) is 29.8 Å². The van der Waals surface area contributed by atoms with Gasteiger partial charge in [-0.15, -0.1) is 0 Å². The highest BCUT2D eigenvalue weighted by molar-refractivity contribution is 5.67. The second kappa shape index (κ2) is 6.75. The molecule has 0 saturated carbocycles. The van der Waals surface area contributed by atoms with Gasteiger partial charge in [0.25, 0.3) is 0 Å². The molecule has 0 aromatic heterocycles. The first-order valence-corrected chi connectivity index (χ1v) is 7.37. The Morgan fingerprint density at radius 1 is 1.30 bits per heavy atom. The molecule has 1 aliphatic heterocycles. The van der Waals surface area contributed by atoms with E-state index in [-0.39, 0.29) is 12.5 Å². The molecule has 0 amide bonds. The fourth-order valence-corrected chi connectivity index (χ4v) is 2.90. The third-order valence-electron chi connectivity index (χ3n) is 4.08. The summed E-state index contributed by atoms with van der Waals surface area (Å²) in [5.74, 6) is -0.696. The fourth-order valence-electron chi connectivity index (χ4n) is 2.90. The van der Waals surface area contributed by atoms with Crippen LogP contribution in [0.4, 0.5) is 5.69 Å². The van der Waals surface area contributed by atoms with Crippen LogP contribution >= 0.6 is 0 Å². The number of benzene rings is 1. The summed E-state index contributed by atoms with van der Waals surface area (Å²) in [5.41, 5.74) is 2.55. The van der Waals surface area contributed by atoms with Crippen molar-refractivity contribution in [3.8, 4) is 0 Å². The van der Waals surface area contributed by atoms with Crippen molar-refractivity contribution in [2.45, 2.75) is 32.7 Å². The van der Waals surface area contributed by atoms with E-state index in [1.54, 1.807) is 0 Å². The first-order chi connectivity index (χ1) is 9.60. The molecule has 1 unspecified atom stereocenters. The Hall–Kier alpha value is -1.55. The summed E-state index contributed by atoms with van der Waals surface area (Å²) < 4.78 is 0. The standard InChI is InChI=1S/C16H24N2O2/c1-3-14(12-16(19)20)17-7-9-18(10-8-17)15-6-4-5-13(2)11-15/h4-6,11,14H,3,7-10,12H2,1-2H3,(H,19,20). The summed E-state index contributed by atoms with van der Waals surface area (Å²) in [5, 5.41) is 8.97. The maximum absolute atomic E-state index is 10.9. The minimum Gasteiger partial charge on any atom is -0.481 e. The largest absolute Gasteiger partial charge is 0.481 e. The SMILES string of the molecule is CCC(CC(=O)O)N1CCN(c2cccc(C)c2)CC1. The Labute approximate surface area is 121 Å². The maximum atomic E-state index is 10.9. The normalized spacial score (nSPS) is 18.0. The van der Waals surface area contributed by atoms with Crippen molar-refractivity contribution in [2.24, 2.45) is 0 Å². The lowest BCUT2D eigenvalue weighted by Gasteiger charge is -2.39. The zero-order chi connectivity index (χ0) is 14.5. The van der Waals surface area contributed by atoms with Gasteiger partial charge in [-0.3, -0.25) is 9.69 Å². The van der Waals surface area contributed by atoms with Gasteiger partial charge in [-0.25, -0.2) is 0 Å². The molecule has 20 heavy (non-hydrogen) atoms. The highest BCUT2D eigenvalue weighted by atomic mass is 16.4. The quantitative estimate of drug-likeness (QED) is 0.896. The maximum Gasteiger partial charge on any atom is 0.304 e. The van der Waals surface area contributed by atoms with Crippen molar-refractivity contribution in [1.29, 1.82) is 0 Å². The van der Waals surface area contributed by atoms with E-state index in [9.17, 15) is 4.79 Å². The Bertz CT molecular complexity index is 454. The van der Waals surface area contributed by atoms with Crippen LogP contribution in [-0.2, 0) is 4.79 Å². The van der Waals surface area contributed by atoms with Crippen LogP contribution < -0.4 is 4.90 Å². The molecule has 0 bridgehead atoms. The van der Waals surface area contributed by atoms with E-state index in [4.69, 9.17) is 5.11 Å². The lowest BCUT2D eigenvalue weighted by Crippen LogP contribution is -2.50. The Balaban J connectivity index is 1.93. The van der Waals surface area contributed by atoms with Crippen molar-refractivity contribution < 1.29 is 9.90 Å². The number of hydrogen-bond acceptors (Lipinski definition) is 3. The van der Waals surface area contributed by atoms with Crippen molar-refractivity contribution in [1.82, 2.24) is 4.90 Å². The number of nitrogens with zero attached hydrogens (tertiary/aromatic N) is 2. The van der Waals surface area contributed by atoms with Crippen LogP contribution in [0.15, 0.2) is 24.3 Å². The number of carboxylic acid groups (broad SMARTS) is 1. The first-order valence-electron chi connectivity index (χ1n) is 7.37. The number of rotatable bonds is 5. The van der Waals surface area contributed by atoms with Gasteiger partial charge in [0.15, 0.2) is 0 Å². The molecule has 4 heteroatoms. The van der Waals surface area contributed by atoms with Crippen molar-refractivity contribution >= 4 is 11.7 Å². The number of aliphatic carboxylic acids is 1. The minimum absolute atomic E-state index is 0.173. The molecule has 1 heterocycles. The van der Waals surface area contributed by atoms with Gasteiger partial charge in [0.05, 0.1) is 6.42 Å². The molecule has 2 rings (SSSR count). The van der Waals surface area contributed by atoms with E-state index >= 15 is 0 Å². The molecule has 1 atom stereocenters. The second-order valence-electron chi connectivity index (χ2n) is 5.52. The summed E-state index contributed by atoms with van der Waals surface area (Å²) in [6, 6.07) is 8.74. The number of aryl methyl sites for hydroxylation is 1. The third kappa shape index (κ3) is 3.73. The lowest BCUT2D eigenvalue weighted by atomic mass is 10.1. The van der Waals surface area contributed by atoms with Crippen LogP contribution in [0, 0.1) is 6.92 Å². The predicted molar refractivity (Wildman–Crippen MR) is 81.3 cm³/mol.